The van der Waals surface area contributed by atoms with E-state index in [1.54, 1.807) is 11.0 Å². The van der Waals surface area contributed by atoms with Gasteiger partial charge < -0.3 is 10.7 Å². The smallest absolute Gasteiger partial charge is 0.184 e. The van der Waals surface area contributed by atoms with Crippen LogP contribution in [0.3, 0.4) is 0 Å². The fourth-order valence-corrected chi connectivity index (χ4v) is 1.78. The number of aromatic amines is 1. The highest BCUT2D eigenvalue weighted by molar-refractivity contribution is 5.78. The minimum Gasteiger partial charge on any atom is -0.384 e. The lowest BCUT2D eigenvalue weighted by Gasteiger charge is -2.03. The number of imidazole rings is 1. The summed E-state index contributed by atoms with van der Waals surface area (Å²) in [4.78, 5) is 15.4. The molecule has 0 saturated heterocycles. The molecule has 0 radical (unpaired) electrons. The van der Waals surface area contributed by atoms with Crippen LogP contribution < -0.4 is 5.73 Å². The first-order chi connectivity index (χ1) is 8.66. The van der Waals surface area contributed by atoms with Crippen molar-refractivity contribution < 1.29 is 0 Å². The minimum absolute atomic E-state index is 0.313. The molecule has 0 amide bonds. The maximum atomic E-state index is 5.98. The van der Waals surface area contributed by atoms with Gasteiger partial charge >= 0.3 is 0 Å². The highest BCUT2D eigenvalue weighted by Crippen LogP contribution is 2.21. The second-order valence-corrected chi connectivity index (χ2v) is 4.36. The Kier molecular flexibility index (Phi) is 2.26. The third kappa shape index (κ3) is 1.52. The molecule has 0 aliphatic rings. The Hall–Kier alpha value is -2.44. The van der Waals surface area contributed by atoms with Gasteiger partial charge in [0.1, 0.15) is 17.7 Å². The molecule has 3 rings (SSSR count). The van der Waals surface area contributed by atoms with E-state index in [1.165, 1.54) is 6.33 Å². The summed E-state index contributed by atoms with van der Waals surface area (Å²) in [6.45, 7) is 4.13. The summed E-state index contributed by atoms with van der Waals surface area (Å²) in [5.74, 6) is 1.47. The van der Waals surface area contributed by atoms with E-state index in [4.69, 9.17) is 5.73 Å². The zero-order valence-electron chi connectivity index (χ0n) is 10.1. The Morgan fingerprint density at radius 2 is 2.11 bits per heavy atom. The molecule has 7 nitrogen and oxygen atoms in total. The van der Waals surface area contributed by atoms with Crippen LogP contribution in [0.25, 0.3) is 17.0 Å². The van der Waals surface area contributed by atoms with Gasteiger partial charge in [0.25, 0.3) is 0 Å². The van der Waals surface area contributed by atoms with E-state index >= 15 is 0 Å². The van der Waals surface area contributed by atoms with Crippen LogP contribution in [0.15, 0.2) is 18.7 Å². The molecule has 0 atom stereocenters. The summed E-state index contributed by atoms with van der Waals surface area (Å²) in [5.41, 5.74) is 8.23. The molecule has 0 saturated carbocycles. The van der Waals surface area contributed by atoms with Gasteiger partial charge in [-0.3, -0.25) is 0 Å². The van der Waals surface area contributed by atoms with E-state index in [1.807, 2.05) is 6.07 Å². The normalized spacial score (nSPS) is 11.5. The molecule has 3 heterocycles. The molecular formula is C11H13N7. The number of nitrogens with two attached hydrogens (primary N) is 1. The fourth-order valence-electron chi connectivity index (χ4n) is 1.78. The first-order valence-electron chi connectivity index (χ1n) is 5.66. The minimum atomic E-state index is 0.313. The van der Waals surface area contributed by atoms with E-state index in [9.17, 15) is 0 Å². The highest BCUT2D eigenvalue weighted by atomic mass is 15.3. The van der Waals surface area contributed by atoms with E-state index in [2.05, 4.69) is 38.9 Å². The molecule has 0 bridgehead atoms. The van der Waals surface area contributed by atoms with Gasteiger partial charge in [0.05, 0.1) is 12.0 Å². The van der Waals surface area contributed by atoms with Crippen LogP contribution in [0.4, 0.5) is 5.82 Å². The van der Waals surface area contributed by atoms with Gasteiger partial charge in [-0.1, -0.05) is 13.8 Å². The number of anilines is 1. The predicted octanol–water partition coefficient (Wildman–Crippen LogP) is 1.24. The lowest BCUT2D eigenvalue weighted by Crippen LogP contribution is -2.05. The third-order valence-corrected chi connectivity index (χ3v) is 2.75. The average molecular weight is 243 g/mol. The SMILES string of the molecule is CC(C)c1cc(N)n(-c2ncnc3nc[nH]c23)n1. The monoisotopic (exact) mass is 243 g/mol. The van der Waals surface area contributed by atoms with Crippen molar-refractivity contribution in [2.75, 3.05) is 5.73 Å². The lowest BCUT2D eigenvalue weighted by molar-refractivity contribution is 0.762. The van der Waals surface area contributed by atoms with Gasteiger partial charge in [-0.25, -0.2) is 15.0 Å². The number of hydrogen-bond acceptors (Lipinski definition) is 5. The summed E-state index contributed by atoms with van der Waals surface area (Å²) in [7, 11) is 0. The molecule has 18 heavy (non-hydrogen) atoms. The number of rotatable bonds is 2. The maximum Gasteiger partial charge on any atom is 0.184 e. The lowest BCUT2D eigenvalue weighted by atomic mass is 10.1. The van der Waals surface area contributed by atoms with Gasteiger partial charge in [0.2, 0.25) is 0 Å². The Bertz CT molecular complexity index is 694. The Balaban J connectivity index is 2.23. The molecule has 7 heteroatoms. The number of nitrogens with one attached hydrogen (secondary N) is 1. The number of nitrogen functional groups attached to an aromatic ring is 1. The van der Waals surface area contributed by atoms with Crippen LogP contribution >= 0.6 is 0 Å². The van der Waals surface area contributed by atoms with Crippen LogP contribution in [-0.4, -0.2) is 29.7 Å². The van der Waals surface area contributed by atoms with Crippen LogP contribution in [0.1, 0.15) is 25.5 Å². The first kappa shape index (κ1) is 10.7. The van der Waals surface area contributed by atoms with Gasteiger partial charge in [0, 0.05) is 6.07 Å². The van der Waals surface area contributed by atoms with Crippen LogP contribution in [0.5, 0.6) is 0 Å². The number of hydrogen-bond donors (Lipinski definition) is 2. The molecule has 0 aliphatic heterocycles. The van der Waals surface area contributed by atoms with Crippen molar-refractivity contribution in [1.82, 2.24) is 29.7 Å². The van der Waals surface area contributed by atoms with Gasteiger partial charge in [-0.2, -0.15) is 9.78 Å². The number of aromatic nitrogens is 6. The summed E-state index contributed by atoms with van der Waals surface area (Å²) in [6.07, 6.45) is 3.03. The molecule has 3 aromatic rings. The third-order valence-electron chi connectivity index (χ3n) is 2.75. The second kappa shape index (κ2) is 3.80. The topological polar surface area (TPSA) is 98.3 Å². The fraction of sp³-hybridized carbons (Fsp3) is 0.273. The molecule has 0 aromatic carbocycles. The van der Waals surface area contributed by atoms with E-state index in [0.717, 1.165) is 11.2 Å². The number of H-pyrrole nitrogens is 1. The molecule has 3 aromatic heterocycles. The van der Waals surface area contributed by atoms with Crippen molar-refractivity contribution in [3.8, 4) is 5.82 Å². The average Bonchev–Trinajstić information content (AvgIpc) is 2.94. The summed E-state index contributed by atoms with van der Waals surface area (Å²) in [5, 5.41) is 4.46. The van der Waals surface area contributed by atoms with Crippen LogP contribution in [0.2, 0.25) is 0 Å². The van der Waals surface area contributed by atoms with Gasteiger partial charge in [0.15, 0.2) is 11.5 Å². The zero-order chi connectivity index (χ0) is 12.7. The Morgan fingerprint density at radius 1 is 1.28 bits per heavy atom. The molecule has 0 fully saturated rings. The van der Waals surface area contributed by atoms with Crippen molar-refractivity contribution in [2.24, 2.45) is 0 Å². The van der Waals surface area contributed by atoms with Crippen molar-refractivity contribution in [1.29, 1.82) is 0 Å². The summed E-state index contributed by atoms with van der Waals surface area (Å²) < 4.78 is 1.61. The van der Waals surface area contributed by atoms with Crippen LogP contribution in [-0.2, 0) is 0 Å². The molecule has 92 valence electrons. The predicted molar refractivity (Wildman–Crippen MR) is 67.3 cm³/mol. The van der Waals surface area contributed by atoms with Gasteiger partial charge in [-0.15, -0.1) is 0 Å². The van der Waals surface area contributed by atoms with Crippen molar-refractivity contribution >= 4 is 17.0 Å². The molecule has 0 spiro atoms. The molecule has 3 N–H and O–H groups in total. The largest absolute Gasteiger partial charge is 0.384 e. The van der Waals surface area contributed by atoms with Crippen molar-refractivity contribution in [2.45, 2.75) is 19.8 Å². The quantitative estimate of drug-likeness (QED) is 0.705. The summed E-state index contributed by atoms with van der Waals surface area (Å²) in [6, 6.07) is 1.86. The van der Waals surface area contributed by atoms with E-state index in [-0.39, 0.29) is 0 Å². The van der Waals surface area contributed by atoms with E-state index in [0.29, 0.717) is 23.2 Å². The van der Waals surface area contributed by atoms with E-state index < -0.39 is 0 Å². The number of nitrogens with zero attached hydrogens (tertiary/aromatic N) is 5. The van der Waals surface area contributed by atoms with Crippen molar-refractivity contribution in [3.05, 3.63) is 24.4 Å². The Labute approximate surface area is 103 Å². The second-order valence-electron chi connectivity index (χ2n) is 4.36. The van der Waals surface area contributed by atoms with Crippen molar-refractivity contribution in [3.63, 3.8) is 0 Å². The zero-order valence-corrected chi connectivity index (χ0v) is 10.1. The molecule has 0 aliphatic carbocycles. The van der Waals surface area contributed by atoms with Gasteiger partial charge in [-0.05, 0) is 5.92 Å². The first-order valence-corrected chi connectivity index (χ1v) is 5.66. The molecule has 0 unspecified atom stereocenters. The standard InChI is InChI=1S/C11H13N7/c1-6(2)7-3-8(12)18(17-7)11-9-10(14-4-13-9)15-5-16-11/h3-6H,12H2,1-2H3,(H,13,14,15,16). The maximum absolute atomic E-state index is 5.98. The van der Waals surface area contributed by atoms with Crippen LogP contribution in [0, 0.1) is 0 Å². The Morgan fingerprint density at radius 3 is 2.83 bits per heavy atom. The number of fused-ring (bicyclic) bond motifs is 1. The molecular weight excluding hydrogens is 230 g/mol. The summed E-state index contributed by atoms with van der Waals surface area (Å²) >= 11 is 0. The highest BCUT2D eigenvalue weighted by Gasteiger charge is 2.14.